The van der Waals surface area contributed by atoms with E-state index in [0.29, 0.717) is 10.0 Å². The fraction of sp³-hybridized carbons (Fsp3) is 0.182. The topological polar surface area (TPSA) is 4.93 Å². The third-order valence-corrected chi connectivity index (χ3v) is 4.13. The minimum Gasteiger partial charge on any atom is -0.323 e. The number of rotatable bonds is 2. The molecule has 1 aromatic carbocycles. The molecule has 0 radical (unpaired) electrons. The highest BCUT2D eigenvalue weighted by Crippen LogP contribution is 2.32. The molecular weight excluding hydrogens is 281 g/mol. The number of thiazole rings is 1. The highest BCUT2D eigenvalue weighted by molar-refractivity contribution is 7.73. The molecule has 2 rings (SSSR count). The molecule has 1 aromatic heterocycles. The van der Waals surface area contributed by atoms with E-state index in [2.05, 4.69) is 11.5 Å². The molecule has 1 heterocycles. The molecule has 0 spiro atoms. The van der Waals surface area contributed by atoms with Gasteiger partial charge in [-0.25, -0.2) is 0 Å². The molecule has 0 bridgehead atoms. The van der Waals surface area contributed by atoms with Gasteiger partial charge in [-0.3, -0.25) is 0 Å². The van der Waals surface area contributed by atoms with Crippen molar-refractivity contribution >= 4 is 46.8 Å². The molecular formula is C11H9Cl2NS2. The van der Waals surface area contributed by atoms with Gasteiger partial charge in [0.25, 0.3) is 0 Å². The summed E-state index contributed by atoms with van der Waals surface area (Å²) in [6.45, 7) is 2.91. The average molecular weight is 290 g/mol. The van der Waals surface area contributed by atoms with Crippen molar-refractivity contribution in [3.8, 4) is 11.3 Å². The Hall–Kier alpha value is -0.350. The molecule has 0 aliphatic carbocycles. The first-order valence-corrected chi connectivity index (χ1v) is 6.81. The van der Waals surface area contributed by atoms with E-state index in [1.165, 1.54) is 0 Å². The summed E-state index contributed by atoms with van der Waals surface area (Å²) in [7, 11) is 0. The summed E-state index contributed by atoms with van der Waals surface area (Å²) in [5, 5.41) is 3.33. The Bertz CT molecular complexity index is 572. The van der Waals surface area contributed by atoms with Gasteiger partial charge in [-0.15, -0.1) is 11.3 Å². The number of halogens is 2. The van der Waals surface area contributed by atoms with Gasteiger partial charge in [0.1, 0.15) is 0 Å². The maximum absolute atomic E-state index is 6.18. The highest BCUT2D eigenvalue weighted by Gasteiger charge is 2.09. The van der Waals surface area contributed by atoms with E-state index < -0.39 is 0 Å². The van der Waals surface area contributed by atoms with E-state index in [1.807, 2.05) is 17.5 Å². The summed E-state index contributed by atoms with van der Waals surface area (Å²) in [5.74, 6) is 0. The normalized spacial score (nSPS) is 10.7. The maximum atomic E-state index is 6.18. The lowest BCUT2D eigenvalue weighted by Crippen LogP contribution is -1.96. The van der Waals surface area contributed by atoms with Crippen LogP contribution in [0.4, 0.5) is 0 Å². The molecule has 0 saturated carbocycles. The first-order chi connectivity index (χ1) is 7.63. The first kappa shape index (κ1) is 12.1. The van der Waals surface area contributed by atoms with Crippen LogP contribution in [0.25, 0.3) is 11.3 Å². The average Bonchev–Trinajstić information content (AvgIpc) is 2.59. The molecule has 5 heteroatoms. The molecule has 1 nitrogen and oxygen atoms in total. The lowest BCUT2D eigenvalue weighted by Gasteiger charge is -2.07. The van der Waals surface area contributed by atoms with Gasteiger partial charge in [-0.1, -0.05) is 23.2 Å². The first-order valence-electron chi connectivity index (χ1n) is 4.77. The predicted octanol–water partition coefficient (Wildman–Crippen LogP) is 5.27. The van der Waals surface area contributed by atoms with E-state index in [4.69, 9.17) is 35.4 Å². The Kier molecular flexibility index (Phi) is 3.70. The van der Waals surface area contributed by atoms with Gasteiger partial charge in [0, 0.05) is 22.5 Å². The summed E-state index contributed by atoms with van der Waals surface area (Å²) < 4.78 is 2.93. The van der Waals surface area contributed by atoms with Crippen molar-refractivity contribution in [3.63, 3.8) is 0 Å². The summed E-state index contributed by atoms with van der Waals surface area (Å²) in [6, 6.07) is 5.51. The fourth-order valence-electron chi connectivity index (χ4n) is 1.54. The van der Waals surface area contributed by atoms with Crippen LogP contribution < -0.4 is 0 Å². The largest absolute Gasteiger partial charge is 0.323 e. The van der Waals surface area contributed by atoms with Crippen molar-refractivity contribution in [2.45, 2.75) is 13.5 Å². The van der Waals surface area contributed by atoms with Crippen molar-refractivity contribution in [1.29, 1.82) is 0 Å². The number of hydrogen-bond acceptors (Lipinski definition) is 2. The second kappa shape index (κ2) is 4.88. The Balaban J connectivity index is 2.63. The molecule has 0 N–H and O–H groups in total. The van der Waals surface area contributed by atoms with E-state index in [9.17, 15) is 0 Å². The van der Waals surface area contributed by atoms with Crippen LogP contribution in [-0.2, 0) is 6.54 Å². The van der Waals surface area contributed by atoms with Gasteiger partial charge < -0.3 is 4.57 Å². The summed E-state index contributed by atoms with van der Waals surface area (Å²) in [4.78, 5) is 0. The molecule has 0 saturated heterocycles. The predicted molar refractivity (Wildman–Crippen MR) is 74.3 cm³/mol. The van der Waals surface area contributed by atoms with Crippen LogP contribution >= 0.6 is 46.8 Å². The van der Waals surface area contributed by atoms with Crippen molar-refractivity contribution in [2.75, 3.05) is 0 Å². The van der Waals surface area contributed by atoms with Gasteiger partial charge in [0.15, 0.2) is 3.95 Å². The minimum absolute atomic E-state index is 0.644. The monoisotopic (exact) mass is 289 g/mol. The smallest absolute Gasteiger partial charge is 0.161 e. The lowest BCUT2D eigenvalue weighted by atomic mass is 10.2. The van der Waals surface area contributed by atoms with Crippen LogP contribution in [0.15, 0.2) is 23.6 Å². The summed E-state index contributed by atoms with van der Waals surface area (Å²) >= 11 is 18.9. The van der Waals surface area contributed by atoms with Crippen molar-refractivity contribution < 1.29 is 0 Å². The Morgan fingerprint density at radius 3 is 2.75 bits per heavy atom. The Morgan fingerprint density at radius 2 is 2.12 bits per heavy atom. The second-order valence-electron chi connectivity index (χ2n) is 3.26. The van der Waals surface area contributed by atoms with Crippen molar-refractivity contribution in [2.24, 2.45) is 0 Å². The third kappa shape index (κ3) is 2.18. The van der Waals surface area contributed by atoms with Crippen molar-refractivity contribution in [1.82, 2.24) is 4.57 Å². The molecule has 0 fully saturated rings. The van der Waals surface area contributed by atoms with Gasteiger partial charge >= 0.3 is 0 Å². The van der Waals surface area contributed by atoms with Gasteiger partial charge in [0.05, 0.1) is 10.7 Å². The number of benzene rings is 1. The zero-order valence-electron chi connectivity index (χ0n) is 8.54. The number of aromatic nitrogens is 1. The van der Waals surface area contributed by atoms with Crippen LogP contribution in [0.3, 0.4) is 0 Å². The number of hydrogen-bond donors (Lipinski definition) is 0. The quantitative estimate of drug-likeness (QED) is 0.682. The van der Waals surface area contributed by atoms with Gasteiger partial charge in [-0.05, 0) is 37.3 Å². The van der Waals surface area contributed by atoms with E-state index >= 15 is 0 Å². The fourth-order valence-corrected chi connectivity index (χ4v) is 3.24. The maximum Gasteiger partial charge on any atom is 0.161 e. The third-order valence-electron chi connectivity index (χ3n) is 2.31. The SMILES string of the molecule is CCn1c(-c2ccc(Cl)cc2Cl)csc1=S. The minimum atomic E-state index is 0.644. The molecule has 0 atom stereocenters. The van der Waals surface area contributed by atoms with Gasteiger partial charge in [-0.2, -0.15) is 0 Å². The zero-order valence-corrected chi connectivity index (χ0v) is 11.7. The van der Waals surface area contributed by atoms with Gasteiger partial charge in [0.2, 0.25) is 0 Å². The van der Waals surface area contributed by atoms with E-state index in [-0.39, 0.29) is 0 Å². The van der Waals surface area contributed by atoms with Crippen molar-refractivity contribution in [3.05, 3.63) is 37.6 Å². The summed E-state index contributed by atoms with van der Waals surface area (Å²) in [6.07, 6.45) is 0. The van der Waals surface area contributed by atoms with E-state index in [0.717, 1.165) is 21.8 Å². The highest BCUT2D eigenvalue weighted by atomic mass is 35.5. The van der Waals surface area contributed by atoms with Crippen LogP contribution in [0, 0.1) is 3.95 Å². The van der Waals surface area contributed by atoms with Crippen LogP contribution in [0.1, 0.15) is 6.92 Å². The number of nitrogens with zero attached hydrogens (tertiary/aromatic N) is 1. The standard InChI is InChI=1S/C11H9Cl2NS2/c1-2-14-10(6-16-11(14)15)8-4-3-7(12)5-9(8)13/h3-6H,2H2,1H3. The van der Waals surface area contributed by atoms with Crippen LogP contribution in [0.2, 0.25) is 10.0 Å². The molecule has 2 aromatic rings. The molecule has 0 aliphatic rings. The molecule has 84 valence electrons. The van der Waals surface area contributed by atoms with E-state index in [1.54, 1.807) is 17.4 Å². The summed E-state index contributed by atoms with van der Waals surface area (Å²) in [5.41, 5.74) is 2.03. The zero-order chi connectivity index (χ0) is 11.7. The Morgan fingerprint density at radius 1 is 1.38 bits per heavy atom. The molecule has 0 unspecified atom stereocenters. The second-order valence-corrected chi connectivity index (χ2v) is 5.60. The molecule has 16 heavy (non-hydrogen) atoms. The lowest BCUT2D eigenvalue weighted by molar-refractivity contribution is 0.772. The Labute approximate surface area is 113 Å². The van der Waals surface area contributed by atoms with Crippen LogP contribution in [-0.4, -0.2) is 4.57 Å². The molecule has 0 amide bonds. The van der Waals surface area contributed by atoms with Crippen LogP contribution in [0.5, 0.6) is 0 Å². The molecule has 0 aliphatic heterocycles.